The number of nitrogens with zero attached hydrogens (tertiary/aromatic N) is 2. The average molecular weight is 537 g/mol. The molecule has 2 fully saturated rings. The number of benzene rings is 1. The van der Waals surface area contributed by atoms with Gasteiger partial charge in [-0.2, -0.15) is 0 Å². The van der Waals surface area contributed by atoms with Crippen molar-refractivity contribution in [3.8, 4) is 0 Å². The lowest BCUT2D eigenvalue weighted by molar-refractivity contribution is -0.0342. The molecular formula is C30H44N6O3. The van der Waals surface area contributed by atoms with Gasteiger partial charge in [0.15, 0.2) is 0 Å². The summed E-state index contributed by atoms with van der Waals surface area (Å²) >= 11 is 0. The minimum Gasteiger partial charge on any atom is -0.390 e. The summed E-state index contributed by atoms with van der Waals surface area (Å²) < 4.78 is 0. The zero-order valence-corrected chi connectivity index (χ0v) is 24.0. The van der Waals surface area contributed by atoms with Crippen molar-refractivity contribution in [2.24, 2.45) is 0 Å². The minimum absolute atomic E-state index is 0.146. The summed E-state index contributed by atoms with van der Waals surface area (Å²) in [6.07, 6.45) is 6.09. The van der Waals surface area contributed by atoms with Crippen LogP contribution in [-0.2, 0) is 13.0 Å². The normalized spacial score (nSPS) is 19.8. The van der Waals surface area contributed by atoms with E-state index in [1.54, 1.807) is 0 Å². The fourth-order valence-electron chi connectivity index (χ4n) is 6.45. The molecule has 0 atom stereocenters. The molecule has 1 aromatic carbocycles. The number of aliphatic hydroxyl groups is 1. The first-order chi connectivity index (χ1) is 18.7. The molecule has 1 amide bonds. The first kappa shape index (κ1) is 28.8. The standard InChI is InChI=1S/C30H44N6O3/c1-6-23-24(29(38)33-15-26-18(3)12-19(4)34-30(26)39)13-27(32-5)25(14-31)28(23)36(7-2)21-10-8-20(9-11-21)35-16-22(37)17-35/h12-14,20-22,31-32,37H,6-11,15-17H2,1-5H3,(H,33,38)(H,34,39). The fourth-order valence-corrected chi connectivity index (χ4v) is 6.45. The number of aromatic amines is 1. The maximum atomic E-state index is 13.6. The zero-order valence-electron chi connectivity index (χ0n) is 24.0. The number of rotatable bonds is 10. The number of pyridine rings is 1. The molecule has 39 heavy (non-hydrogen) atoms. The Morgan fingerprint density at radius 2 is 1.87 bits per heavy atom. The van der Waals surface area contributed by atoms with E-state index < -0.39 is 0 Å². The van der Waals surface area contributed by atoms with Gasteiger partial charge in [-0.25, -0.2) is 0 Å². The van der Waals surface area contributed by atoms with Crippen LogP contribution in [0, 0.1) is 19.3 Å². The SMILES string of the molecule is CCc1c(C(=O)NCc2c(C)cc(C)[nH]c2=O)cc(NC)c(C=N)c1N(CC)C1CCC(N2CC(O)C2)CC1. The number of aromatic nitrogens is 1. The topological polar surface area (TPSA) is 125 Å². The van der Waals surface area contributed by atoms with Gasteiger partial charge in [-0.15, -0.1) is 0 Å². The Hall–Kier alpha value is -3.17. The third-order valence-electron chi connectivity index (χ3n) is 8.52. The lowest BCUT2D eigenvalue weighted by atomic mass is 9.86. The van der Waals surface area contributed by atoms with E-state index in [9.17, 15) is 14.7 Å². The molecule has 1 saturated heterocycles. The number of carbonyl (C=O) groups excluding carboxylic acids is 1. The van der Waals surface area contributed by atoms with Crippen LogP contribution >= 0.6 is 0 Å². The lowest BCUT2D eigenvalue weighted by Crippen LogP contribution is -2.57. The number of anilines is 2. The molecule has 212 valence electrons. The monoisotopic (exact) mass is 536 g/mol. The van der Waals surface area contributed by atoms with Gasteiger partial charge < -0.3 is 31.0 Å². The summed E-state index contributed by atoms with van der Waals surface area (Å²) in [6.45, 7) is 10.4. The van der Waals surface area contributed by atoms with Crippen LogP contribution in [0.1, 0.15) is 77.8 Å². The second-order valence-electron chi connectivity index (χ2n) is 10.9. The minimum atomic E-state index is -0.225. The van der Waals surface area contributed by atoms with Crippen molar-refractivity contribution >= 4 is 23.5 Å². The van der Waals surface area contributed by atoms with Gasteiger partial charge in [0, 0.05) is 79.6 Å². The Morgan fingerprint density at radius 1 is 1.18 bits per heavy atom. The maximum Gasteiger partial charge on any atom is 0.253 e. The van der Waals surface area contributed by atoms with Crippen LogP contribution in [0.3, 0.4) is 0 Å². The molecule has 1 saturated carbocycles. The second-order valence-corrected chi connectivity index (χ2v) is 10.9. The molecule has 4 rings (SSSR count). The molecular weight excluding hydrogens is 492 g/mol. The van der Waals surface area contributed by atoms with Crippen molar-refractivity contribution in [3.05, 3.63) is 56.0 Å². The van der Waals surface area contributed by atoms with Crippen molar-refractivity contribution in [1.29, 1.82) is 5.41 Å². The number of nitrogens with one attached hydrogen (secondary N) is 4. The first-order valence-electron chi connectivity index (χ1n) is 14.3. The Bertz CT molecular complexity index is 1260. The van der Waals surface area contributed by atoms with E-state index in [2.05, 4.69) is 39.3 Å². The molecule has 1 aromatic heterocycles. The van der Waals surface area contributed by atoms with E-state index in [-0.39, 0.29) is 24.1 Å². The number of hydrogen-bond donors (Lipinski definition) is 5. The van der Waals surface area contributed by atoms with Gasteiger partial charge in [0.25, 0.3) is 11.5 Å². The number of carbonyl (C=O) groups is 1. The summed E-state index contributed by atoms with van der Waals surface area (Å²) in [4.78, 5) is 33.7. The molecule has 0 radical (unpaired) electrons. The van der Waals surface area contributed by atoms with Crippen molar-refractivity contribution in [1.82, 2.24) is 15.2 Å². The van der Waals surface area contributed by atoms with E-state index in [1.165, 1.54) is 6.21 Å². The first-order valence-corrected chi connectivity index (χ1v) is 14.3. The van der Waals surface area contributed by atoms with Crippen LogP contribution in [0.25, 0.3) is 0 Å². The van der Waals surface area contributed by atoms with E-state index in [4.69, 9.17) is 5.41 Å². The number of β-amino-alcohol motifs (C(OH)–C–C–N with tert-alkyl or cyclic N) is 1. The van der Waals surface area contributed by atoms with Crippen molar-refractivity contribution in [2.45, 2.75) is 84.5 Å². The number of likely N-dealkylation sites (tertiary alicyclic amines) is 1. The molecule has 0 bridgehead atoms. The molecule has 0 unspecified atom stereocenters. The van der Waals surface area contributed by atoms with Gasteiger partial charge in [0.2, 0.25) is 0 Å². The van der Waals surface area contributed by atoms with Gasteiger partial charge >= 0.3 is 0 Å². The zero-order chi connectivity index (χ0) is 28.3. The third-order valence-corrected chi connectivity index (χ3v) is 8.52. The molecule has 0 spiro atoms. The number of amides is 1. The molecule has 1 aliphatic heterocycles. The third kappa shape index (κ3) is 5.89. The van der Waals surface area contributed by atoms with Crippen molar-refractivity contribution in [2.75, 3.05) is 36.9 Å². The number of H-pyrrole nitrogens is 1. The largest absolute Gasteiger partial charge is 0.390 e. The van der Waals surface area contributed by atoms with Crippen LogP contribution in [-0.4, -0.2) is 72.0 Å². The second kappa shape index (κ2) is 12.3. The molecule has 1 aliphatic carbocycles. The average Bonchev–Trinajstić information content (AvgIpc) is 2.90. The predicted octanol–water partition coefficient (Wildman–Crippen LogP) is 3.34. The lowest BCUT2D eigenvalue weighted by Gasteiger charge is -2.46. The van der Waals surface area contributed by atoms with Crippen LogP contribution in [0.2, 0.25) is 0 Å². The van der Waals surface area contributed by atoms with Gasteiger partial charge in [0.05, 0.1) is 11.8 Å². The van der Waals surface area contributed by atoms with Crippen LogP contribution < -0.4 is 21.1 Å². The molecule has 2 aromatic rings. The van der Waals surface area contributed by atoms with E-state index >= 15 is 0 Å². The van der Waals surface area contributed by atoms with Gasteiger partial charge in [-0.3, -0.25) is 14.5 Å². The van der Waals surface area contributed by atoms with Crippen LogP contribution in [0.15, 0.2) is 16.9 Å². The molecule has 2 aliphatic rings. The van der Waals surface area contributed by atoms with Crippen molar-refractivity contribution < 1.29 is 9.90 Å². The molecule has 5 N–H and O–H groups in total. The number of aryl methyl sites for hydroxylation is 2. The Balaban J connectivity index is 1.64. The van der Waals surface area contributed by atoms with Crippen LogP contribution in [0.5, 0.6) is 0 Å². The highest BCUT2D eigenvalue weighted by Crippen LogP contribution is 2.38. The smallest absolute Gasteiger partial charge is 0.253 e. The number of aliphatic hydroxyl groups excluding tert-OH is 1. The highest BCUT2D eigenvalue weighted by molar-refractivity contribution is 6.04. The summed E-state index contributed by atoms with van der Waals surface area (Å²) in [5, 5.41) is 24.2. The molecule has 9 heteroatoms. The van der Waals surface area contributed by atoms with E-state index in [0.717, 1.165) is 79.1 Å². The molecule has 2 heterocycles. The summed E-state index contributed by atoms with van der Waals surface area (Å²) in [5.41, 5.74) is 6.02. The molecule has 9 nitrogen and oxygen atoms in total. The van der Waals surface area contributed by atoms with Crippen LogP contribution in [0.4, 0.5) is 11.4 Å². The highest BCUT2D eigenvalue weighted by Gasteiger charge is 2.36. The summed E-state index contributed by atoms with van der Waals surface area (Å²) in [5.74, 6) is -0.225. The van der Waals surface area contributed by atoms with Gasteiger partial charge in [0.1, 0.15) is 0 Å². The Kier molecular flexibility index (Phi) is 9.12. The maximum absolute atomic E-state index is 13.6. The fraction of sp³-hybridized carbons (Fsp3) is 0.567. The number of hydrogen-bond acceptors (Lipinski definition) is 7. The summed E-state index contributed by atoms with van der Waals surface area (Å²) in [7, 11) is 1.82. The van der Waals surface area contributed by atoms with E-state index in [1.807, 2.05) is 33.0 Å². The summed E-state index contributed by atoms with van der Waals surface area (Å²) in [6, 6.07) is 4.59. The van der Waals surface area contributed by atoms with E-state index in [0.29, 0.717) is 29.6 Å². The Morgan fingerprint density at radius 3 is 2.41 bits per heavy atom. The van der Waals surface area contributed by atoms with Crippen molar-refractivity contribution in [3.63, 3.8) is 0 Å². The van der Waals surface area contributed by atoms with Gasteiger partial charge in [-0.05, 0) is 76.1 Å². The quantitative estimate of drug-likeness (QED) is 0.297. The van der Waals surface area contributed by atoms with Gasteiger partial charge in [-0.1, -0.05) is 6.92 Å². The Labute approximate surface area is 231 Å². The highest BCUT2D eigenvalue weighted by atomic mass is 16.3. The predicted molar refractivity (Wildman–Crippen MR) is 158 cm³/mol.